The smallest absolute Gasteiger partial charge is 0.230 e. The first-order chi connectivity index (χ1) is 9.41. The van der Waals surface area contributed by atoms with Gasteiger partial charge in [0, 0.05) is 17.1 Å². The number of rotatable bonds is 3. The van der Waals surface area contributed by atoms with E-state index in [2.05, 4.69) is 33.5 Å². The summed E-state index contributed by atoms with van der Waals surface area (Å²) < 4.78 is 1.03. The van der Waals surface area contributed by atoms with Crippen LogP contribution in [0.4, 0.5) is 0 Å². The van der Waals surface area contributed by atoms with Crippen molar-refractivity contribution in [2.75, 3.05) is 13.1 Å². The maximum Gasteiger partial charge on any atom is 0.230 e. The van der Waals surface area contributed by atoms with Crippen molar-refractivity contribution < 1.29 is 4.79 Å². The van der Waals surface area contributed by atoms with Crippen LogP contribution in [0.2, 0.25) is 0 Å². The van der Waals surface area contributed by atoms with Gasteiger partial charge in [-0.1, -0.05) is 35.0 Å². The van der Waals surface area contributed by atoms with Crippen LogP contribution in [0.25, 0.3) is 0 Å². The SMILES string of the molecule is CC1CCNCC1NC(=O)C(C)(C)c1ccc(Br)cc1.Cl. The van der Waals surface area contributed by atoms with Gasteiger partial charge in [-0.2, -0.15) is 0 Å². The Morgan fingerprint density at radius 2 is 1.95 bits per heavy atom. The Morgan fingerprint density at radius 1 is 1.33 bits per heavy atom. The van der Waals surface area contributed by atoms with Crippen molar-refractivity contribution in [1.29, 1.82) is 0 Å². The number of nitrogens with one attached hydrogen (secondary N) is 2. The van der Waals surface area contributed by atoms with Crippen LogP contribution in [-0.4, -0.2) is 25.0 Å². The molecule has 1 amide bonds. The van der Waals surface area contributed by atoms with E-state index in [9.17, 15) is 4.79 Å². The Labute approximate surface area is 141 Å². The van der Waals surface area contributed by atoms with Gasteiger partial charge in [0.05, 0.1) is 5.41 Å². The molecule has 1 fully saturated rings. The van der Waals surface area contributed by atoms with E-state index in [1.807, 2.05) is 38.1 Å². The normalized spacial score (nSPS) is 22.3. The van der Waals surface area contributed by atoms with Crippen LogP contribution in [-0.2, 0) is 10.2 Å². The summed E-state index contributed by atoms with van der Waals surface area (Å²) in [5.41, 5.74) is 0.521. The van der Waals surface area contributed by atoms with Crippen LogP contribution in [0, 0.1) is 5.92 Å². The summed E-state index contributed by atoms with van der Waals surface area (Å²) in [7, 11) is 0. The molecule has 0 radical (unpaired) electrons. The van der Waals surface area contributed by atoms with E-state index in [-0.39, 0.29) is 24.4 Å². The first kappa shape index (κ1) is 18.5. The fourth-order valence-electron chi connectivity index (χ4n) is 2.53. The number of piperidine rings is 1. The number of amides is 1. The lowest BCUT2D eigenvalue weighted by molar-refractivity contribution is -0.126. The van der Waals surface area contributed by atoms with E-state index in [0.29, 0.717) is 5.92 Å². The van der Waals surface area contributed by atoms with Gasteiger partial charge in [0.15, 0.2) is 0 Å². The molecule has 1 aliphatic heterocycles. The molecule has 2 N–H and O–H groups in total. The van der Waals surface area contributed by atoms with Crippen molar-refractivity contribution in [3.8, 4) is 0 Å². The maximum atomic E-state index is 12.6. The molecule has 2 unspecified atom stereocenters. The molecule has 1 aromatic carbocycles. The third kappa shape index (κ3) is 4.44. The molecule has 1 aromatic rings. The molecule has 118 valence electrons. The lowest BCUT2D eigenvalue weighted by atomic mass is 9.83. The Balaban J connectivity index is 0.00000220. The first-order valence-electron chi connectivity index (χ1n) is 7.19. The zero-order valence-corrected chi connectivity index (χ0v) is 15.2. The van der Waals surface area contributed by atoms with E-state index < -0.39 is 5.41 Å². The molecule has 1 heterocycles. The van der Waals surface area contributed by atoms with Gasteiger partial charge in [-0.15, -0.1) is 12.4 Å². The monoisotopic (exact) mass is 374 g/mol. The Bertz CT molecular complexity index is 476. The third-order valence-electron chi connectivity index (χ3n) is 4.28. The lowest BCUT2D eigenvalue weighted by Crippen LogP contribution is -2.54. The van der Waals surface area contributed by atoms with Crippen LogP contribution in [0.3, 0.4) is 0 Å². The van der Waals surface area contributed by atoms with E-state index in [4.69, 9.17) is 0 Å². The van der Waals surface area contributed by atoms with Gasteiger partial charge in [0.1, 0.15) is 0 Å². The van der Waals surface area contributed by atoms with Gasteiger partial charge < -0.3 is 10.6 Å². The zero-order valence-electron chi connectivity index (χ0n) is 12.8. The predicted molar refractivity (Wildman–Crippen MR) is 93.0 cm³/mol. The molecule has 1 saturated heterocycles. The lowest BCUT2D eigenvalue weighted by Gasteiger charge is -2.33. The number of hydrogen-bond donors (Lipinski definition) is 2. The van der Waals surface area contributed by atoms with E-state index in [1.54, 1.807) is 0 Å². The molecular weight excluding hydrogens is 352 g/mol. The molecule has 3 nitrogen and oxygen atoms in total. The highest BCUT2D eigenvalue weighted by Crippen LogP contribution is 2.25. The topological polar surface area (TPSA) is 41.1 Å². The highest BCUT2D eigenvalue weighted by atomic mass is 79.9. The van der Waals surface area contributed by atoms with Gasteiger partial charge in [-0.25, -0.2) is 0 Å². The van der Waals surface area contributed by atoms with Gasteiger partial charge in [-0.05, 0) is 50.4 Å². The van der Waals surface area contributed by atoms with Crippen molar-refractivity contribution in [3.05, 3.63) is 34.3 Å². The minimum absolute atomic E-state index is 0. The molecule has 2 rings (SSSR count). The van der Waals surface area contributed by atoms with E-state index in [1.165, 1.54) is 0 Å². The molecule has 2 atom stereocenters. The Morgan fingerprint density at radius 3 is 2.52 bits per heavy atom. The van der Waals surface area contributed by atoms with Crippen LogP contribution >= 0.6 is 28.3 Å². The van der Waals surface area contributed by atoms with Crippen molar-refractivity contribution in [2.45, 2.75) is 38.6 Å². The van der Waals surface area contributed by atoms with Gasteiger partial charge in [0.2, 0.25) is 5.91 Å². The number of halogens is 2. The molecular formula is C16H24BrClN2O. The average molecular weight is 376 g/mol. The third-order valence-corrected chi connectivity index (χ3v) is 4.81. The molecule has 0 spiro atoms. The molecule has 0 bridgehead atoms. The Hall–Kier alpha value is -0.580. The van der Waals surface area contributed by atoms with Gasteiger partial charge in [0.25, 0.3) is 0 Å². The molecule has 21 heavy (non-hydrogen) atoms. The van der Waals surface area contributed by atoms with Crippen LogP contribution in [0.5, 0.6) is 0 Å². The predicted octanol–water partition coefficient (Wildman–Crippen LogP) is 3.26. The second-order valence-corrected chi connectivity index (χ2v) is 7.10. The summed E-state index contributed by atoms with van der Waals surface area (Å²) in [6, 6.07) is 8.20. The quantitative estimate of drug-likeness (QED) is 0.851. The summed E-state index contributed by atoms with van der Waals surface area (Å²) in [6.45, 7) is 8.07. The molecule has 5 heteroatoms. The molecule has 1 aliphatic rings. The zero-order chi connectivity index (χ0) is 14.8. The van der Waals surface area contributed by atoms with Crippen LogP contribution in [0.1, 0.15) is 32.8 Å². The minimum Gasteiger partial charge on any atom is -0.351 e. The summed E-state index contributed by atoms with van der Waals surface area (Å²) >= 11 is 3.43. The van der Waals surface area contributed by atoms with Crippen molar-refractivity contribution in [3.63, 3.8) is 0 Å². The number of carbonyl (C=O) groups excluding carboxylic acids is 1. The number of carbonyl (C=O) groups is 1. The van der Waals surface area contributed by atoms with Gasteiger partial charge in [-0.3, -0.25) is 4.79 Å². The summed E-state index contributed by atoms with van der Waals surface area (Å²) in [4.78, 5) is 12.6. The second kappa shape index (κ2) is 7.61. The second-order valence-electron chi connectivity index (χ2n) is 6.18. The number of hydrogen-bond acceptors (Lipinski definition) is 2. The van der Waals surface area contributed by atoms with Crippen molar-refractivity contribution in [2.24, 2.45) is 5.92 Å². The minimum atomic E-state index is -0.516. The highest BCUT2D eigenvalue weighted by Gasteiger charge is 2.33. The van der Waals surface area contributed by atoms with Crippen LogP contribution in [0.15, 0.2) is 28.7 Å². The van der Waals surface area contributed by atoms with Crippen molar-refractivity contribution >= 4 is 34.2 Å². The highest BCUT2D eigenvalue weighted by molar-refractivity contribution is 9.10. The molecule has 0 aromatic heterocycles. The fourth-order valence-corrected chi connectivity index (χ4v) is 2.79. The maximum absolute atomic E-state index is 12.6. The van der Waals surface area contributed by atoms with E-state index >= 15 is 0 Å². The number of benzene rings is 1. The molecule has 0 saturated carbocycles. The van der Waals surface area contributed by atoms with Crippen LogP contribution < -0.4 is 10.6 Å². The first-order valence-corrected chi connectivity index (χ1v) is 7.98. The summed E-state index contributed by atoms with van der Waals surface area (Å²) in [5.74, 6) is 0.626. The fraction of sp³-hybridized carbons (Fsp3) is 0.562. The Kier molecular flexibility index (Phi) is 6.70. The molecule has 0 aliphatic carbocycles. The average Bonchev–Trinajstić information content (AvgIpc) is 2.41. The van der Waals surface area contributed by atoms with Crippen molar-refractivity contribution in [1.82, 2.24) is 10.6 Å². The summed E-state index contributed by atoms with van der Waals surface area (Å²) in [5, 5.41) is 6.56. The largest absolute Gasteiger partial charge is 0.351 e. The summed E-state index contributed by atoms with van der Waals surface area (Å²) in [6.07, 6.45) is 1.11. The van der Waals surface area contributed by atoms with E-state index in [0.717, 1.165) is 29.5 Å². The van der Waals surface area contributed by atoms with Gasteiger partial charge >= 0.3 is 0 Å². The standard InChI is InChI=1S/C16H23BrN2O.ClH/c1-11-8-9-18-10-14(11)19-15(20)16(2,3)12-4-6-13(17)7-5-12;/h4-7,11,14,18H,8-10H2,1-3H3,(H,19,20);1H.